The number of halogens is 3. The van der Waals surface area contributed by atoms with Gasteiger partial charge in [0.1, 0.15) is 25.4 Å². The van der Waals surface area contributed by atoms with E-state index in [1.54, 1.807) is 0 Å². The third-order valence-corrected chi connectivity index (χ3v) is 3.70. The van der Waals surface area contributed by atoms with E-state index in [0.717, 1.165) is 20.8 Å². The molecule has 1 amide bonds. The van der Waals surface area contributed by atoms with Crippen LogP contribution in [0.1, 0.15) is 20.8 Å². The van der Waals surface area contributed by atoms with Crippen LogP contribution in [-0.4, -0.2) is 76.8 Å². The minimum absolute atomic E-state index is 0.424. The number of rotatable bonds is 6. The van der Waals surface area contributed by atoms with Crippen LogP contribution < -0.4 is 5.32 Å². The Labute approximate surface area is 180 Å². The number of aliphatic hydroxyl groups excluding tert-OH is 1. The summed E-state index contributed by atoms with van der Waals surface area (Å²) in [4.78, 5) is 46.1. The average Bonchev–Trinajstić information content (AvgIpc) is 2.55. The fourth-order valence-corrected chi connectivity index (χ4v) is 2.56. The van der Waals surface area contributed by atoms with E-state index in [1.165, 1.54) is 0 Å². The Morgan fingerprint density at radius 3 is 2.00 bits per heavy atom. The molecule has 29 heavy (non-hydrogen) atoms. The molecule has 1 saturated heterocycles. The number of nitrogens with one attached hydrogen (secondary N) is 1. The van der Waals surface area contributed by atoms with E-state index in [2.05, 4.69) is 5.32 Å². The van der Waals surface area contributed by atoms with Crippen LogP contribution in [0.5, 0.6) is 0 Å². The lowest BCUT2D eigenvalue weighted by Crippen LogP contribution is -2.66. The first-order valence-electron chi connectivity index (χ1n) is 8.11. The second-order valence-corrected chi connectivity index (χ2v) is 8.39. The maximum Gasteiger partial charge on any atom is 0.407 e. The summed E-state index contributed by atoms with van der Waals surface area (Å²) in [7, 11) is 0. The Hall–Kier alpha value is -1.53. The molecule has 1 aliphatic heterocycles. The smallest absolute Gasteiger partial charge is 0.407 e. The number of hydrogen-bond donors (Lipinski definition) is 2. The average molecular weight is 481 g/mol. The number of carbonyl (C=O) groups excluding carboxylic acids is 4. The first-order chi connectivity index (χ1) is 13.3. The Morgan fingerprint density at radius 2 is 1.52 bits per heavy atom. The summed E-state index contributed by atoms with van der Waals surface area (Å²) >= 11 is 16.5. The van der Waals surface area contributed by atoms with Gasteiger partial charge in [0.15, 0.2) is 18.5 Å². The van der Waals surface area contributed by atoms with Gasteiger partial charge in [-0.3, -0.25) is 14.4 Å². The molecule has 1 aliphatic rings. The van der Waals surface area contributed by atoms with Crippen molar-refractivity contribution in [2.75, 3.05) is 13.2 Å². The SMILES string of the molecule is CC(=O)OCC1O[C@H](O)C(NC(=O)OCC(Cl)(Cl)Cl)[C@@H](OC(C)=O)[C@H]1OC(C)=O. The largest absolute Gasteiger partial charge is 0.463 e. The summed E-state index contributed by atoms with van der Waals surface area (Å²) in [5, 5.41) is 12.5. The fourth-order valence-electron chi connectivity index (χ4n) is 2.40. The highest BCUT2D eigenvalue weighted by Crippen LogP contribution is 2.27. The van der Waals surface area contributed by atoms with Crippen LogP contribution in [0, 0.1) is 0 Å². The lowest BCUT2D eigenvalue weighted by atomic mass is 9.96. The Morgan fingerprint density at radius 1 is 0.966 bits per heavy atom. The van der Waals surface area contributed by atoms with Crippen LogP contribution in [0.2, 0.25) is 0 Å². The minimum Gasteiger partial charge on any atom is -0.463 e. The normalized spacial score (nSPS) is 26.8. The number of esters is 3. The summed E-state index contributed by atoms with van der Waals surface area (Å²) < 4.78 is 23.2. The van der Waals surface area contributed by atoms with Crippen LogP contribution in [-0.2, 0) is 38.1 Å². The van der Waals surface area contributed by atoms with Crippen molar-refractivity contribution in [3.63, 3.8) is 0 Å². The van der Waals surface area contributed by atoms with Crippen LogP contribution in [0.25, 0.3) is 0 Å². The molecule has 2 N–H and O–H groups in total. The number of alkyl carbamates (subject to hydrolysis) is 1. The van der Waals surface area contributed by atoms with Gasteiger partial charge in [-0.15, -0.1) is 0 Å². The molecule has 14 heteroatoms. The van der Waals surface area contributed by atoms with Crippen LogP contribution >= 0.6 is 34.8 Å². The van der Waals surface area contributed by atoms with E-state index in [0.29, 0.717) is 0 Å². The monoisotopic (exact) mass is 479 g/mol. The lowest BCUT2D eigenvalue weighted by molar-refractivity contribution is -0.264. The van der Waals surface area contributed by atoms with E-state index >= 15 is 0 Å². The van der Waals surface area contributed by atoms with Crippen molar-refractivity contribution < 1.29 is 48.0 Å². The molecular formula is C15H20Cl3NO10. The van der Waals surface area contributed by atoms with Crippen molar-refractivity contribution >= 4 is 58.8 Å². The third kappa shape index (κ3) is 9.22. The Kier molecular flexibility index (Phi) is 9.69. The molecule has 0 bridgehead atoms. The van der Waals surface area contributed by atoms with Gasteiger partial charge in [0.25, 0.3) is 0 Å². The zero-order valence-electron chi connectivity index (χ0n) is 15.6. The third-order valence-electron chi connectivity index (χ3n) is 3.37. The van der Waals surface area contributed by atoms with Gasteiger partial charge >= 0.3 is 24.0 Å². The molecule has 166 valence electrons. The molecule has 0 radical (unpaired) electrons. The Bertz CT molecular complexity index is 626. The molecule has 5 atom stereocenters. The molecule has 1 rings (SSSR count). The Balaban J connectivity index is 3.06. The zero-order chi connectivity index (χ0) is 22.4. The molecule has 1 fully saturated rings. The van der Waals surface area contributed by atoms with E-state index in [4.69, 9.17) is 58.5 Å². The highest BCUT2D eigenvalue weighted by Gasteiger charge is 2.50. The molecule has 0 aromatic rings. The van der Waals surface area contributed by atoms with Gasteiger partial charge in [0.2, 0.25) is 3.79 Å². The molecule has 0 aliphatic carbocycles. The summed E-state index contributed by atoms with van der Waals surface area (Å²) in [6.07, 6.45) is -6.84. The topological polar surface area (TPSA) is 147 Å². The van der Waals surface area contributed by atoms with Crippen molar-refractivity contribution in [2.24, 2.45) is 0 Å². The highest BCUT2D eigenvalue weighted by molar-refractivity contribution is 6.67. The first kappa shape index (κ1) is 25.5. The predicted octanol–water partition coefficient (Wildman–Crippen LogP) is 0.595. The van der Waals surface area contributed by atoms with Crippen LogP contribution in [0.15, 0.2) is 0 Å². The molecule has 0 aromatic carbocycles. The van der Waals surface area contributed by atoms with E-state index in [9.17, 15) is 24.3 Å². The maximum absolute atomic E-state index is 12.0. The van der Waals surface area contributed by atoms with Crippen LogP contribution in [0.4, 0.5) is 4.79 Å². The fraction of sp³-hybridized carbons (Fsp3) is 0.733. The minimum atomic E-state index is -1.89. The summed E-state index contributed by atoms with van der Waals surface area (Å²) in [5.74, 6) is -2.25. The number of ether oxygens (including phenoxy) is 5. The second kappa shape index (κ2) is 11.0. The standard InChI is InChI=1S/C15H20Cl3NO10/c1-6(20)25-4-9-11(27-7(2)21)12(28-8(3)22)10(13(23)29-9)19-14(24)26-5-15(16,17)18/h9-13,23H,4-5H2,1-3H3,(H,19,24)/t9?,10?,11-,12+,13-/m0/s1. The van der Waals surface area contributed by atoms with Crippen molar-refractivity contribution in [1.82, 2.24) is 5.32 Å². The van der Waals surface area contributed by atoms with Gasteiger partial charge in [-0.25, -0.2) is 4.79 Å². The molecule has 0 saturated carbocycles. The molecular weight excluding hydrogens is 461 g/mol. The van der Waals surface area contributed by atoms with Crippen molar-refractivity contribution in [3.8, 4) is 0 Å². The summed E-state index contributed by atoms with van der Waals surface area (Å²) in [6.45, 7) is 2.23. The van der Waals surface area contributed by atoms with Crippen molar-refractivity contribution in [2.45, 2.75) is 55.2 Å². The zero-order valence-corrected chi connectivity index (χ0v) is 17.8. The van der Waals surface area contributed by atoms with Gasteiger partial charge in [0, 0.05) is 20.8 Å². The van der Waals surface area contributed by atoms with E-state index in [1.807, 2.05) is 0 Å². The number of amides is 1. The molecule has 11 nitrogen and oxygen atoms in total. The van der Waals surface area contributed by atoms with E-state index < -0.39 is 71.7 Å². The number of aliphatic hydroxyl groups is 1. The molecule has 0 spiro atoms. The van der Waals surface area contributed by atoms with Gasteiger partial charge in [0.05, 0.1) is 0 Å². The highest BCUT2D eigenvalue weighted by atomic mass is 35.6. The van der Waals surface area contributed by atoms with Crippen LogP contribution in [0.3, 0.4) is 0 Å². The number of alkyl halides is 3. The first-order valence-corrected chi connectivity index (χ1v) is 9.25. The quantitative estimate of drug-likeness (QED) is 0.314. The number of carbonyl (C=O) groups is 4. The molecule has 0 aromatic heterocycles. The van der Waals surface area contributed by atoms with Gasteiger partial charge in [-0.2, -0.15) is 0 Å². The summed E-state index contributed by atoms with van der Waals surface area (Å²) in [6, 6.07) is -1.43. The van der Waals surface area contributed by atoms with E-state index in [-0.39, 0.29) is 0 Å². The van der Waals surface area contributed by atoms with Gasteiger partial charge < -0.3 is 34.1 Å². The van der Waals surface area contributed by atoms with Gasteiger partial charge in [-0.05, 0) is 0 Å². The number of hydrogen-bond acceptors (Lipinski definition) is 10. The van der Waals surface area contributed by atoms with Crippen molar-refractivity contribution in [1.29, 1.82) is 0 Å². The maximum atomic E-state index is 12.0. The predicted molar refractivity (Wildman–Crippen MR) is 97.2 cm³/mol. The van der Waals surface area contributed by atoms with Gasteiger partial charge in [-0.1, -0.05) is 34.8 Å². The molecule has 1 heterocycles. The lowest BCUT2D eigenvalue weighted by Gasteiger charge is -2.43. The summed E-state index contributed by atoms with van der Waals surface area (Å²) in [5.41, 5.74) is 0. The second-order valence-electron chi connectivity index (χ2n) is 5.88. The molecule has 2 unspecified atom stereocenters. The van der Waals surface area contributed by atoms with Crippen molar-refractivity contribution in [3.05, 3.63) is 0 Å².